The first-order chi connectivity index (χ1) is 9.81. The van der Waals surface area contributed by atoms with Crippen molar-refractivity contribution in [2.24, 2.45) is 19.8 Å². The van der Waals surface area contributed by atoms with Crippen molar-refractivity contribution in [3.8, 4) is 0 Å². The van der Waals surface area contributed by atoms with E-state index < -0.39 is 26.2 Å². The predicted molar refractivity (Wildman–Crippen MR) is 79.6 cm³/mol. The van der Waals surface area contributed by atoms with Gasteiger partial charge in [0, 0.05) is 26.8 Å². The Labute approximate surface area is 123 Å². The summed E-state index contributed by atoms with van der Waals surface area (Å²) in [6.45, 7) is 0.874. The van der Waals surface area contributed by atoms with Gasteiger partial charge in [0.05, 0.1) is 0 Å². The molecule has 0 aromatic carbocycles. The first kappa shape index (κ1) is 17.6. The minimum absolute atomic E-state index is 0.249. The van der Waals surface area contributed by atoms with Crippen molar-refractivity contribution in [3.63, 3.8) is 0 Å². The van der Waals surface area contributed by atoms with E-state index in [0.717, 1.165) is 34.6 Å². The Kier molecular flexibility index (Phi) is 6.31. The van der Waals surface area contributed by atoms with Gasteiger partial charge in [0.1, 0.15) is 0 Å². The van der Waals surface area contributed by atoms with E-state index in [1.165, 1.54) is 14.1 Å². The fourth-order valence-electron chi connectivity index (χ4n) is 1.87. The lowest BCUT2D eigenvalue weighted by molar-refractivity contribution is 0.563. The van der Waals surface area contributed by atoms with Crippen LogP contribution in [0.3, 0.4) is 0 Å². The molecule has 1 rings (SSSR count). The highest BCUT2D eigenvalue weighted by Crippen LogP contribution is 2.02. The number of hydrogen-bond donors (Lipinski definition) is 2. The highest BCUT2D eigenvalue weighted by atomic mass is 32.2. The normalized spacial score (nSPS) is 11.8. The summed E-state index contributed by atoms with van der Waals surface area (Å²) in [5.41, 5.74) is 3.98. The lowest BCUT2D eigenvalue weighted by Crippen LogP contribution is -2.41. The molecule has 9 heteroatoms. The quantitative estimate of drug-likeness (QED) is 0.589. The van der Waals surface area contributed by atoms with E-state index in [2.05, 4.69) is 4.72 Å². The van der Waals surface area contributed by atoms with Crippen LogP contribution < -0.4 is 21.7 Å². The lowest BCUT2D eigenvalue weighted by Gasteiger charge is -2.09. The topological polar surface area (TPSA) is 116 Å². The number of nitrogens with one attached hydrogen (secondary N) is 1. The van der Waals surface area contributed by atoms with Crippen LogP contribution in [0, 0.1) is 0 Å². The predicted octanol–water partition coefficient (Wildman–Crippen LogP) is -1.12. The molecule has 21 heavy (non-hydrogen) atoms. The molecule has 3 N–H and O–H groups in total. The molecule has 0 amide bonds. The summed E-state index contributed by atoms with van der Waals surface area (Å²) in [7, 11) is -1.27. The first-order valence-electron chi connectivity index (χ1n) is 6.77. The summed E-state index contributed by atoms with van der Waals surface area (Å²) in [5, 5.41) is 0. The smallest absolute Gasteiger partial charge is 0.330 e. The molecule has 0 unspecified atom stereocenters. The summed E-state index contributed by atoms with van der Waals surface area (Å²) in [5.74, 6) is 0. The number of unbranched alkanes of at least 4 members (excludes halogenated alkanes) is 3. The van der Waals surface area contributed by atoms with Gasteiger partial charge in [-0.15, -0.1) is 0 Å². The molecule has 0 saturated carbocycles. The van der Waals surface area contributed by atoms with E-state index in [1.807, 2.05) is 0 Å². The van der Waals surface area contributed by atoms with E-state index in [1.54, 1.807) is 0 Å². The van der Waals surface area contributed by atoms with Crippen LogP contribution in [0.4, 0.5) is 0 Å². The zero-order valence-corrected chi connectivity index (χ0v) is 13.1. The Hall–Kier alpha value is -1.45. The van der Waals surface area contributed by atoms with Gasteiger partial charge in [-0.25, -0.2) is 17.9 Å². The molecule has 0 aliphatic heterocycles. The number of nitrogens with zero attached hydrogens (tertiary/aromatic N) is 2. The number of sulfonamides is 1. The Balaban J connectivity index is 2.80. The third kappa shape index (κ3) is 4.51. The van der Waals surface area contributed by atoms with Crippen LogP contribution in [0.1, 0.15) is 25.7 Å². The van der Waals surface area contributed by atoms with E-state index >= 15 is 0 Å². The molecule has 0 bridgehead atoms. The minimum Gasteiger partial charge on any atom is -0.330 e. The van der Waals surface area contributed by atoms with Crippen molar-refractivity contribution in [2.45, 2.75) is 30.6 Å². The highest BCUT2D eigenvalue weighted by molar-refractivity contribution is 7.89. The summed E-state index contributed by atoms with van der Waals surface area (Å²) >= 11 is 0. The largest absolute Gasteiger partial charge is 0.330 e. The Morgan fingerprint density at radius 3 is 2.38 bits per heavy atom. The van der Waals surface area contributed by atoms with Crippen molar-refractivity contribution in [1.82, 2.24) is 13.9 Å². The van der Waals surface area contributed by atoms with Crippen LogP contribution in [0.15, 0.2) is 20.7 Å². The summed E-state index contributed by atoms with van der Waals surface area (Å²) in [6.07, 6.45) is 4.44. The Morgan fingerprint density at radius 1 is 1.14 bits per heavy atom. The van der Waals surface area contributed by atoms with Gasteiger partial charge in [0.2, 0.25) is 10.0 Å². The fraction of sp³-hybridized carbons (Fsp3) is 0.667. The SMILES string of the molecule is Cn1cc(S(=O)(=O)NCCCCCCN)c(=O)n(C)c1=O. The van der Waals surface area contributed by atoms with Crippen molar-refractivity contribution < 1.29 is 8.42 Å². The second-order valence-electron chi connectivity index (χ2n) is 4.85. The van der Waals surface area contributed by atoms with Crippen LogP contribution >= 0.6 is 0 Å². The zero-order chi connectivity index (χ0) is 16.0. The molecule has 1 aromatic rings. The van der Waals surface area contributed by atoms with Crippen LogP contribution in [0.5, 0.6) is 0 Å². The number of nitrogens with two attached hydrogens (primary N) is 1. The van der Waals surface area contributed by atoms with Crippen molar-refractivity contribution in [3.05, 3.63) is 27.0 Å². The average Bonchev–Trinajstić information content (AvgIpc) is 2.44. The Bertz CT molecular complexity index is 690. The zero-order valence-electron chi connectivity index (χ0n) is 12.3. The van der Waals surface area contributed by atoms with E-state index in [9.17, 15) is 18.0 Å². The molecule has 0 aliphatic carbocycles. The van der Waals surface area contributed by atoms with Crippen LogP contribution in [0.25, 0.3) is 0 Å². The molecule has 0 radical (unpaired) electrons. The highest BCUT2D eigenvalue weighted by Gasteiger charge is 2.20. The number of aromatic nitrogens is 2. The van der Waals surface area contributed by atoms with E-state index in [4.69, 9.17) is 5.73 Å². The van der Waals surface area contributed by atoms with Crippen LogP contribution in [-0.4, -0.2) is 30.6 Å². The molecule has 0 atom stereocenters. The van der Waals surface area contributed by atoms with Crippen molar-refractivity contribution >= 4 is 10.0 Å². The molecule has 0 fully saturated rings. The standard InChI is InChI=1S/C12H22N4O4S/c1-15-9-10(11(17)16(2)12(15)18)21(19,20)14-8-6-4-3-5-7-13/h9,14H,3-8,13H2,1-2H3. The second-order valence-corrected chi connectivity index (χ2v) is 6.59. The van der Waals surface area contributed by atoms with Crippen LogP contribution in [0.2, 0.25) is 0 Å². The number of aryl methyl sites for hydroxylation is 1. The molecule has 0 aliphatic rings. The monoisotopic (exact) mass is 318 g/mol. The van der Waals surface area contributed by atoms with Gasteiger partial charge in [-0.1, -0.05) is 12.8 Å². The molecule has 1 aromatic heterocycles. The Morgan fingerprint density at radius 2 is 1.76 bits per heavy atom. The van der Waals surface area contributed by atoms with Crippen LogP contribution in [-0.2, 0) is 24.1 Å². The van der Waals surface area contributed by atoms with Gasteiger partial charge >= 0.3 is 5.69 Å². The van der Waals surface area contributed by atoms with Gasteiger partial charge in [0.25, 0.3) is 5.56 Å². The van der Waals surface area contributed by atoms with Gasteiger partial charge in [0.15, 0.2) is 4.90 Å². The maximum atomic E-state index is 12.1. The molecule has 0 spiro atoms. The molecule has 0 saturated heterocycles. The van der Waals surface area contributed by atoms with Gasteiger partial charge < -0.3 is 10.3 Å². The summed E-state index contributed by atoms with van der Waals surface area (Å²) < 4.78 is 28.4. The number of rotatable bonds is 8. The second kappa shape index (κ2) is 7.53. The molecular formula is C12H22N4O4S. The summed E-state index contributed by atoms with van der Waals surface area (Å²) in [6, 6.07) is 0. The van der Waals surface area contributed by atoms with Crippen molar-refractivity contribution in [2.75, 3.05) is 13.1 Å². The lowest BCUT2D eigenvalue weighted by atomic mass is 10.2. The molecule has 120 valence electrons. The van der Waals surface area contributed by atoms with Gasteiger partial charge in [-0.2, -0.15) is 0 Å². The minimum atomic E-state index is -3.91. The third-order valence-electron chi connectivity index (χ3n) is 3.13. The van der Waals surface area contributed by atoms with E-state index in [-0.39, 0.29) is 6.54 Å². The fourth-order valence-corrected chi connectivity index (χ4v) is 3.10. The first-order valence-corrected chi connectivity index (χ1v) is 8.26. The molecular weight excluding hydrogens is 296 g/mol. The summed E-state index contributed by atoms with van der Waals surface area (Å²) in [4.78, 5) is 23.0. The third-order valence-corrected chi connectivity index (χ3v) is 4.57. The van der Waals surface area contributed by atoms with Gasteiger partial charge in [-0.05, 0) is 19.4 Å². The molecule has 8 nitrogen and oxygen atoms in total. The van der Waals surface area contributed by atoms with Crippen molar-refractivity contribution in [1.29, 1.82) is 0 Å². The number of hydrogen-bond acceptors (Lipinski definition) is 5. The molecule has 1 heterocycles. The maximum absolute atomic E-state index is 12.1. The van der Waals surface area contributed by atoms with Gasteiger partial charge in [-0.3, -0.25) is 9.36 Å². The van der Waals surface area contributed by atoms with E-state index in [0.29, 0.717) is 13.0 Å². The maximum Gasteiger partial charge on any atom is 0.330 e. The average molecular weight is 318 g/mol.